The van der Waals surface area contributed by atoms with Crippen LogP contribution >= 0.6 is 23.2 Å². The summed E-state index contributed by atoms with van der Waals surface area (Å²) in [5.41, 5.74) is 0. The van der Waals surface area contributed by atoms with E-state index in [0.717, 1.165) is 0 Å². The number of rotatable bonds is 2. The highest BCUT2D eigenvalue weighted by atomic mass is 35.5. The minimum atomic E-state index is -3.49. The van der Waals surface area contributed by atoms with Gasteiger partial charge in [-0.2, -0.15) is 8.78 Å². The molecule has 0 bridgehead atoms. The zero-order chi connectivity index (χ0) is 6.78. The lowest BCUT2D eigenvalue weighted by Crippen LogP contribution is -2.08. The van der Waals surface area contributed by atoms with E-state index in [9.17, 15) is 13.6 Å². The standard InChI is InChI=1S/C3H2Cl2F2O/c4-2(8)1-3(5,6)7/h1H2. The van der Waals surface area contributed by atoms with E-state index in [0.29, 0.717) is 0 Å². The van der Waals surface area contributed by atoms with E-state index in [2.05, 4.69) is 23.2 Å². The Hall–Kier alpha value is 0.110. The molecule has 0 aliphatic rings. The Morgan fingerprint density at radius 1 is 1.62 bits per heavy atom. The molecule has 8 heavy (non-hydrogen) atoms. The molecule has 0 unspecified atom stereocenters. The van der Waals surface area contributed by atoms with Crippen molar-refractivity contribution in [2.45, 2.75) is 11.8 Å². The smallest absolute Gasteiger partial charge is 0.281 e. The van der Waals surface area contributed by atoms with Crippen molar-refractivity contribution in [3.63, 3.8) is 0 Å². The van der Waals surface area contributed by atoms with Crippen molar-refractivity contribution in [2.24, 2.45) is 0 Å². The zero-order valence-electron chi connectivity index (χ0n) is 3.63. The molecule has 1 nitrogen and oxygen atoms in total. The first-order chi connectivity index (χ1) is 3.42. The maximum atomic E-state index is 11.4. The first kappa shape index (κ1) is 8.11. The van der Waals surface area contributed by atoms with Crippen molar-refractivity contribution in [1.29, 1.82) is 0 Å². The molecule has 0 aliphatic carbocycles. The second kappa shape index (κ2) is 2.60. The Bertz CT molecular complexity index is 97.9. The van der Waals surface area contributed by atoms with E-state index in [-0.39, 0.29) is 0 Å². The summed E-state index contributed by atoms with van der Waals surface area (Å²) in [6.45, 7) is 0. The van der Waals surface area contributed by atoms with E-state index >= 15 is 0 Å². The van der Waals surface area contributed by atoms with Crippen LogP contribution in [0.3, 0.4) is 0 Å². The molecule has 0 saturated heterocycles. The lowest BCUT2D eigenvalue weighted by Gasteiger charge is -2.00. The van der Waals surface area contributed by atoms with Crippen molar-refractivity contribution >= 4 is 28.4 Å². The predicted octanol–water partition coefficient (Wildman–Crippen LogP) is 1.97. The van der Waals surface area contributed by atoms with Crippen molar-refractivity contribution in [3.8, 4) is 0 Å². The molecular formula is C3H2Cl2F2O. The van der Waals surface area contributed by atoms with Gasteiger partial charge in [0.2, 0.25) is 5.24 Å². The molecule has 0 heterocycles. The van der Waals surface area contributed by atoms with Gasteiger partial charge >= 0.3 is 5.38 Å². The fourth-order valence-corrected chi connectivity index (χ4v) is 0.515. The number of alkyl halides is 3. The fraction of sp³-hybridized carbons (Fsp3) is 0.667. The van der Waals surface area contributed by atoms with Crippen molar-refractivity contribution < 1.29 is 13.6 Å². The van der Waals surface area contributed by atoms with Crippen molar-refractivity contribution in [2.75, 3.05) is 0 Å². The second-order valence-electron chi connectivity index (χ2n) is 1.15. The zero-order valence-corrected chi connectivity index (χ0v) is 5.14. The molecule has 0 radical (unpaired) electrons. The molecule has 0 saturated carbocycles. The first-order valence-electron chi connectivity index (χ1n) is 1.67. The molecule has 0 rings (SSSR count). The monoisotopic (exact) mass is 162 g/mol. The van der Waals surface area contributed by atoms with Gasteiger partial charge in [0.25, 0.3) is 0 Å². The van der Waals surface area contributed by atoms with Crippen molar-refractivity contribution in [3.05, 3.63) is 0 Å². The summed E-state index contributed by atoms with van der Waals surface area (Å²) in [5, 5.41) is -4.62. The Balaban J connectivity index is 3.55. The average Bonchev–Trinajstić information content (AvgIpc) is 1.21. The Morgan fingerprint density at radius 3 is 2.00 bits per heavy atom. The maximum Gasteiger partial charge on any atom is 0.329 e. The SMILES string of the molecule is O=C(Cl)CC(F)(F)Cl. The summed E-state index contributed by atoms with van der Waals surface area (Å²) in [4.78, 5) is 9.66. The maximum absolute atomic E-state index is 11.4. The molecule has 0 atom stereocenters. The van der Waals surface area contributed by atoms with Gasteiger partial charge < -0.3 is 0 Å². The van der Waals surface area contributed by atoms with Gasteiger partial charge in [-0.15, -0.1) is 0 Å². The lowest BCUT2D eigenvalue weighted by atomic mass is 10.5. The molecule has 0 N–H and O–H groups in total. The Kier molecular flexibility index (Phi) is 2.63. The van der Waals surface area contributed by atoms with Crippen LogP contribution in [0.2, 0.25) is 0 Å². The highest BCUT2D eigenvalue weighted by molar-refractivity contribution is 6.63. The normalized spacial score (nSPS) is 11.5. The summed E-state index contributed by atoms with van der Waals surface area (Å²) in [5.74, 6) is 0. The number of carbonyl (C=O) groups is 1. The van der Waals surface area contributed by atoms with Crippen LogP contribution in [0.25, 0.3) is 0 Å². The van der Waals surface area contributed by atoms with Crippen LogP contribution in [0, 0.1) is 0 Å². The van der Waals surface area contributed by atoms with Crippen LogP contribution in [0.5, 0.6) is 0 Å². The fourth-order valence-electron chi connectivity index (χ4n) is 0.158. The highest BCUT2D eigenvalue weighted by Gasteiger charge is 2.27. The van der Waals surface area contributed by atoms with E-state index < -0.39 is 17.0 Å². The minimum absolute atomic E-state index is 1.11. The van der Waals surface area contributed by atoms with Gasteiger partial charge in [0.05, 0.1) is 0 Å². The lowest BCUT2D eigenvalue weighted by molar-refractivity contribution is -0.114. The highest BCUT2D eigenvalue weighted by Crippen LogP contribution is 2.23. The summed E-state index contributed by atoms with van der Waals surface area (Å²) in [6.07, 6.45) is -1.11. The van der Waals surface area contributed by atoms with E-state index in [4.69, 9.17) is 0 Å². The molecule has 0 amide bonds. The van der Waals surface area contributed by atoms with Crippen LogP contribution in [-0.4, -0.2) is 10.6 Å². The van der Waals surface area contributed by atoms with Crippen LogP contribution in [-0.2, 0) is 4.79 Å². The Morgan fingerprint density at radius 2 is 2.00 bits per heavy atom. The predicted molar refractivity (Wildman–Crippen MR) is 26.3 cm³/mol. The number of hydrogen-bond donors (Lipinski definition) is 0. The van der Waals surface area contributed by atoms with Gasteiger partial charge in [0.1, 0.15) is 6.42 Å². The van der Waals surface area contributed by atoms with E-state index in [1.165, 1.54) is 0 Å². The Labute approximate surface area is 54.6 Å². The van der Waals surface area contributed by atoms with E-state index in [1.807, 2.05) is 0 Å². The number of carbonyl (C=O) groups excluding carboxylic acids is 1. The van der Waals surface area contributed by atoms with E-state index in [1.54, 1.807) is 0 Å². The van der Waals surface area contributed by atoms with Gasteiger partial charge in [0.15, 0.2) is 0 Å². The summed E-state index contributed by atoms with van der Waals surface area (Å²) in [7, 11) is 0. The minimum Gasteiger partial charge on any atom is -0.281 e. The van der Waals surface area contributed by atoms with Crippen LogP contribution in [0.15, 0.2) is 0 Å². The largest absolute Gasteiger partial charge is 0.329 e. The number of halogens is 4. The van der Waals surface area contributed by atoms with Gasteiger partial charge in [-0.25, -0.2) is 0 Å². The molecule has 0 spiro atoms. The average molecular weight is 163 g/mol. The molecule has 48 valence electrons. The third-order valence-electron chi connectivity index (χ3n) is 0.339. The molecule has 0 fully saturated rings. The molecule has 0 aromatic rings. The van der Waals surface area contributed by atoms with Crippen LogP contribution < -0.4 is 0 Å². The molecule has 0 aromatic carbocycles. The third kappa shape index (κ3) is 6.11. The third-order valence-corrected chi connectivity index (χ3v) is 0.607. The second-order valence-corrected chi connectivity index (χ2v) is 2.12. The van der Waals surface area contributed by atoms with Gasteiger partial charge in [-0.1, -0.05) is 0 Å². The molecule has 5 heteroatoms. The molecular weight excluding hydrogens is 161 g/mol. The van der Waals surface area contributed by atoms with Crippen molar-refractivity contribution in [1.82, 2.24) is 0 Å². The molecule has 0 aromatic heterocycles. The number of hydrogen-bond acceptors (Lipinski definition) is 1. The van der Waals surface area contributed by atoms with Gasteiger partial charge in [-0.3, -0.25) is 4.79 Å². The summed E-state index contributed by atoms with van der Waals surface area (Å²) in [6, 6.07) is 0. The topological polar surface area (TPSA) is 17.1 Å². The summed E-state index contributed by atoms with van der Waals surface area (Å²) >= 11 is 8.85. The van der Waals surface area contributed by atoms with Gasteiger partial charge in [-0.05, 0) is 23.2 Å². The quantitative estimate of drug-likeness (QED) is 0.449. The summed E-state index contributed by atoms with van der Waals surface area (Å²) < 4.78 is 22.9. The van der Waals surface area contributed by atoms with Gasteiger partial charge in [0, 0.05) is 0 Å². The molecule has 0 aliphatic heterocycles. The van der Waals surface area contributed by atoms with Crippen LogP contribution in [0.1, 0.15) is 6.42 Å². The van der Waals surface area contributed by atoms with Crippen LogP contribution in [0.4, 0.5) is 8.78 Å². The first-order valence-corrected chi connectivity index (χ1v) is 2.42.